The monoisotopic (exact) mass is 382 g/mol. The highest BCUT2D eigenvalue weighted by Crippen LogP contribution is 2.32. The molecule has 0 fully saturated rings. The molecule has 0 spiro atoms. The average Bonchev–Trinajstić information content (AvgIpc) is 2.56. The van der Waals surface area contributed by atoms with Gasteiger partial charge in [0.2, 0.25) is 0 Å². The van der Waals surface area contributed by atoms with Crippen LogP contribution in [-0.2, 0) is 12.8 Å². The highest BCUT2D eigenvalue weighted by atomic mass is 28.3. The average molecular weight is 382 g/mol. The Morgan fingerprint density at radius 2 is 1.27 bits per heavy atom. The first-order valence-corrected chi connectivity index (χ1v) is 11.9. The molecule has 0 aliphatic carbocycles. The molecule has 2 aromatic rings. The molecule has 0 unspecified atom stereocenters. The van der Waals surface area contributed by atoms with Gasteiger partial charge in [-0.05, 0) is 54.3 Å². The molecule has 0 amide bonds. The van der Waals surface area contributed by atoms with Crippen LogP contribution in [0.4, 0.5) is 13.2 Å². The van der Waals surface area contributed by atoms with Crippen LogP contribution in [-0.4, -0.2) is 24.5 Å². The first-order valence-electron chi connectivity index (χ1n) is 8.78. The van der Waals surface area contributed by atoms with Crippen LogP contribution in [0.5, 0.6) is 11.5 Å². The lowest BCUT2D eigenvalue weighted by Gasteiger charge is -2.28. The van der Waals surface area contributed by atoms with Crippen LogP contribution in [0.15, 0.2) is 48.5 Å². The number of phenols is 2. The predicted molar refractivity (Wildman–Crippen MR) is 100 cm³/mol. The predicted octanol–water partition coefficient (Wildman–Crippen LogP) is 5.91. The Labute approximate surface area is 153 Å². The van der Waals surface area contributed by atoms with Gasteiger partial charge in [0.15, 0.2) is 0 Å². The van der Waals surface area contributed by atoms with Crippen LogP contribution < -0.4 is 0 Å². The first-order chi connectivity index (χ1) is 12.2. The van der Waals surface area contributed by atoms with E-state index in [1.54, 1.807) is 36.4 Å². The molecular formula is C20H25F3O2Si. The van der Waals surface area contributed by atoms with Crippen LogP contribution in [0.3, 0.4) is 0 Å². The van der Waals surface area contributed by atoms with Crippen LogP contribution in [0.2, 0.25) is 24.7 Å². The minimum atomic E-state index is -4.13. The van der Waals surface area contributed by atoms with Gasteiger partial charge in [-0.3, -0.25) is 0 Å². The number of aryl methyl sites for hydroxylation is 2. The fourth-order valence-corrected chi connectivity index (χ4v) is 6.56. The maximum Gasteiger partial charge on any atom is 0.388 e. The van der Waals surface area contributed by atoms with E-state index in [4.69, 9.17) is 0 Å². The summed E-state index contributed by atoms with van der Waals surface area (Å²) in [4.78, 5) is 0. The topological polar surface area (TPSA) is 40.5 Å². The quantitative estimate of drug-likeness (QED) is 0.557. The molecule has 0 aliphatic rings. The van der Waals surface area contributed by atoms with E-state index in [0.29, 0.717) is 12.8 Å². The lowest BCUT2D eigenvalue weighted by molar-refractivity contribution is -0.130. The van der Waals surface area contributed by atoms with Crippen molar-refractivity contribution in [3.8, 4) is 11.5 Å². The normalized spacial score (nSPS) is 12.3. The molecule has 0 radical (unpaired) electrons. The molecule has 0 saturated heterocycles. The summed E-state index contributed by atoms with van der Waals surface area (Å²) in [5.41, 5.74) is 1.90. The minimum absolute atomic E-state index is 0.181. The molecule has 0 aromatic heterocycles. The van der Waals surface area contributed by atoms with Crippen molar-refractivity contribution >= 4 is 8.07 Å². The number of alkyl halides is 3. The number of phenolic OH excluding ortho intramolecular Hbond substituents is 2. The van der Waals surface area contributed by atoms with Crippen molar-refractivity contribution in [3.63, 3.8) is 0 Å². The number of benzene rings is 2. The zero-order chi connectivity index (χ0) is 19.2. The molecular weight excluding hydrogens is 357 g/mol. The van der Waals surface area contributed by atoms with Gasteiger partial charge in [0, 0.05) is 6.42 Å². The molecule has 0 saturated carbocycles. The summed E-state index contributed by atoms with van der Waals surface area (Å²) in [6.45, 7) is 2.03. The second-order valence-corrected chi connectivity index (χ2v) is 12.4. The van der Waals surface area contributed by atoms with Gasteiger partial charge in [0.25, 0.3) is 0 Å². The summed E-state index contributed by atoms with van der Waals surface area (Å²) >= 11 is 0. The first kappa shape index (κ1) is 20.4. The third-order valence-corrected chi connectivity index (χ3v) is 9.24. The van der Waals surface area contributed by atoms with Crippen molar-refractivity contribution in [2.24, 2.45) is 0 Å². The lowest BCUT2D eigenvalue weighted by Crippen LogP contribution is -2.33. The van der Waals surface area contributed by atoms with E-state index >= 15 is 0 Å². The van der Waals surface area contributed by atoms with Gasteiger partial charge in [-0.2, -0.15) is 13.2 Å². The standard InChI is InChI=1S/C20H25F3O2Si/c1-26(13-10-20(21,22)23,11-8-16-4-2-6-18(24)14-16)12-9-17-5-3-7-19(25)15-17/h2-7,14-15,24-25H,8-13H2,1H3. The van der Waals surface area contributed by atoms with E-state index in [2.05, 4.69) is 0 Å². The van der Waals surface area contributed by atoms with Crippen molar-refractivity contribution in [3.05, 3.63) is 59.7 Å². The van der Waals surface area contributed by atoms with Gasteiger partial charge in [0.05, 0.1) is 8.07 Å². The van der Waals surface area contributed by atoms with Crippen LogP contribution in [0.1, 0.15) is 17.5 Å². The number of hydrogen-bond acceptors (Lipinski definition) is 2. The molecule has 26 heavy (non-hydrogen) atoms. The Balaban J connectivity index is 2.04. The third-order valence-electron chi connectivity index (χ3n) is 4.87. The Bertz CT molecular complexity index is 667. The highest BCUT2D eigenvalue weighted by molar-refractivity contribution is 6.78. The second-order valence-electron chi connectivity index (χ2n) is 7.27. The smallest absolute Gasteiger partial charge is 0.388 e. The third kappa shape index (κ3) is 7.12. The van der Waals surface area contributed by atoms with Gasteiger partial charge < -0.3 is 10.2 Å². The van der Waals surface area contributed by atoms with Crippen molar-refractivity contribution < 1.29 is 23.4 Å². The highest BCUT2D eigenvalue weighted by Gasteiger charge is 2.34. The molecule has 2 N–H and O–H groups in total. The van der Waals surface area contributed by atoms with Crippen molar-refractivity contribution in [1.82, 2.24) is 0 Å². The summed E-state index contributed by atoms with van der Waals surface area (Å²) in [5, 5.41) is 19.1. The van der Waals surface area contributed by atoms with E-state index in [-0.39, 0.29) is 17.5 Å². The number of aromatic hydroxyl groups is 2. The number of rotatable bonds is 8. The molecule has 142 valence electrons. The largest absolute Gasteiger partial charge is 0.508 e. The maximum absolute atomic E-state index is 12.8. The summed E-state index contributed by atoms with van der Waals surface area (Å²) in [5.74, 6) is 0.363. The summed E-state index contributed by atoms with van der Waals surface area (Å²) in [6.07, 6.45) is -3.52. The molecule has 2 nitrogen and oxygen atoms in total. The van der Waals surface area contributed by atoms with Crippen molar-refractivity contribution in [1.29, 1.82) is 0 Å². The fourth-order valence-electron chi connectivity index (χ4n) is 3.13. The molecule has 0 heterocycles. The van der Waals surface area contributed by atoms with Gasteiger partial charge in [-0.15, -0.1) is 0 Å². The van der Waals surface area contributed by atoms with Crippen LogP contribution >= 0.6 is 0 Å². The van der Waals surface area contributed by atoms with E-state index in [0.717, 1.165) is 23.2 Å². The minimum Gasteiger partial charge on any atom is -0.508 e. The number of halogens is 3. The Kier molecular flexibility index (Phi) is 6.75. The van der Waals surface area contributed by atoms with Crippen LogP contribution in [0, 0.1) is 0 Å². The maximum atomic E-state index is 12.8. The van der Waals surface area contributed by atoms with Gasteiger partial charge in [0.1, 0.15) is 11.5 Å². The zero-order valence-corrected chi connectivity index (χ0v) is 15.9. The zero-order valence-electron chi connectivity index (χ0n) is 14.9. The number of hydrogen-bond donors (Lipinski definition) is 2. The molecule has 0 aliphatic heterocycles. The second kappa shape index (κ2) is 8.62. The Morgan fingerprint density at radius 1 is 0.808 bits per heavy atom. The van der Waals surface area contributed by atoms with Crippen LogP contribution in [0.25, 0.3) is 0 Å². The fraction of sp³-hybridized carbons (Fsp3) is 0.400. The van der Waals surface area contributed by atoms with E-state index < -0.39 is 20.7 Å². The molecule has 6 heteroatoms. The van der Waals surface area contributed by atoms with Gasteiger partial charge in [-0.25, -0.2) is 0 Å². The van der Waals surface area contributed by atoms with Crippen molar-refractivity contribution in [2.75, 3.05) is 0 Å². The molecule has 0 bridgehead atoms. The Morgan fingerprint density at radius 3 is 1.65 bits per heavy atom. The molecule has 0 atom stereocenters. The van der Waals surface area contributed by atoms with E-state index in [9.17, 15) is 23.4 Å². The molecule has 2 aromatic carbocycles. The van der Waals surface area contributed by atoms with E-state index in [1.165, 1.54) is 0 Å². The van der Waals surface area contributed by atoms with E-state index in [1.807, 2.05) is 18.7 Å². The van der Waals surface area contributed by atoms with Gasteiger partial charge >= 0.3 is 6.18 Å². The summed E-state index contributed by atoms with van der Waals surface area (Å²) in [7, 11) is -2.14. The SMILES string of the molecule is C[Si](CCc1cccc(O)c1)(CCc1cccc(O)c1)CCC(F)(F)F. The lowest BCUT2D eigenvalue weighted by atomic mass is 10.2. The summed E-state index contributed by atoms with van der Waals surface area (Å²) in [6, 6.07) is 15.5. The Hall–Kier alpha value is -1.95. The molecule has 2 rings (SSSR count). The van der Waals surface area contributed by atoms with Crippen molar-refractivity contribution in [2.45, 2.75) is 50.1 Å². The van der Waals surface area contributed by atoms with Gasteiger partial charge in [-0.1, -0.05) is 42.9 Å². The summed E-state index contributed by atoms with van der Waals surface area (Å²) < 4.78 is 38.3.